The summed E-state index contributed by atoms with van der Waals surface area (Å²) >= 11 is 3.15. The van der Waals surface area contributed by atoms with Gasteiger partial charge in [0.1, 0.15) is 11.6 Å². The number of carbonyl (C=O) groups excluding carboxylic acids is 1. The van der Waals surface area contributed by atoms with Gasteiger partial charge in [-0.05, 0) is 30.2 Å². The van der Waals surface area contributed by atoms with Gasteiger partial charge in [0.15, 0.2) is 5.16 Å². The van der Waals surface area contributed by atoms with Gasteiger partial charge in [-0.3, -0.25) is 4.79 Å². The molecule has 0 saturated carbocycles. The van der Waals surface area contributed by atoms with E-state index in [1.165, 1.54) is 17.3 Å². The molecule has 1 amide bonds. The highest BCUT2D eigenvalue weighted by atomic mass is 32.2. The molecule has 0 bridgehead atoms. The molecule has 31 heavy (non-hydrogen) atoms. The fraction of sp³-hybridized carbons (Fsp3) is 0.261. The molecule has 162 valence electrons. The molecule has 1 aromatic heterocycles. The van der Waals surface area contributed by atoms with Crippen LogP contribution in [0.25, 0.3) is 0 Å². The molecule has 0 saturated heterocycles. The number of hydrogen-bond donors (Lipinski definition) is 1. The summed E-state index contributed by atoms with van der Waals surface area (Å²) in [5.74, 6) is 3.26. The van der Waals surface area contributed by atoms with Crippen LogP contribution in [0.1, 0.15) is 17.0 Å². The van der Waals surface area contributed by atoms with Crippen LogP contribution < -0.4 is 10.1 Å². The van der Waals surface area contributed by atoms with Gasteiger partial charge in [-0.15, -0.1) is 28.5 Å². The zero-order valence-corrected chi connectivity index (χ0v) is 19.3. The first kappa shape index (κ1) is 23.0. The first-order valence-corrected chi connectivity index (χ1v) is 12.0. The van der Waals surface area contributed by atoms with Crippen LogP contribution >= 0.6 is 23.5 Å². The van der Waals surface area contributed by atoms with E-state index in [-0.39, 0.29) is 11.7 Å². The predicted molar refractivity (Wildman–Crippen MR) is 129 cm³/mol. The smallest absolute Gasteiger partial charge is 0.234 e. The summed E-state index contributed by atoms with van der Waals surface area (Å²) < 4.78 is 7.34. The minimum atomic E-state index is -0.123. The van der Waals surface area contributed by atoms with Crippen molar-refractivity contribution in [1.82, 2.24) is 14.8 Å². The Bertz CT molecular complexity index is 1020. The molecular weight excluding hydrogens is 428 g/mol. The van der Waals surface area contributed by atoms with Crippen molar-refractivity contribution in [2.75, 3.05) is 18.2 Å². The van der Waals surface area contributed by atoms with Crippen molar-refractivity contribution < 1.29 is 9.53 Å². The van der Waals surface area contributed by atoms with E-state index in [0.29, 0.717) is 23.1 Å². The maximum atomic E-state index is 12.5. The average molecular weight is 455 g/mol. The van der Waals surface area contributed by atoms with Crippen LogP contribution in [0.5, 0.6) is 5.75 Å². The van der Waals surface area contributed by atoms with Crippen LogP contribution in [0.3, 0.4) is 0 Å². The average Bonchev–Trinajstić information content (AvgIpc) is 3.15. The third-order valence-corrected chi connectivity index (χ3v) is 6.38. The van der Waals surface area contributed by atoms with Crippen molar-refractivity contribution in [3.63, 3.8) is 0 Å². The SMILES string of the molecule is C=CCn1c(CSCc2ccccc2)nnc1SCC(=O)Nc1cc(C)ccc1OC. The monoisotopic (exact) mass is 454 g/mol. The number of allylic oxidation sites excluding steroid dienone is 1. The zero-order valence-electron chi connectivity index (χ0n) is 17.7. The molecule has 0 fully saturated rings. The van der Waals surface area contributed by atoms with Gasteiger partial charge in [0.25, 0.3) is 0 Å². The topological polar surface area (TPSA) is 69.0 Å². The molecule has 2 aromatic carbocycles. The summed E-state index contributed by atoms with van der Waals surface area (Å²) in [5.41, 5.74) is 2.99. The standard InChI is InChI=1S/C23H26N4O2S2/c1-4-12-27-21(15-30-14-18-8-6-5-7-9-18)25-26-23(27)31-16-22(28)24-19-13-17(2)10-11-20(19)29-3/h4-11,13H,1,12,14-16H2,2-3H3,(H,24,28). The van der Waals surface area contributed by atoms with Crippen molar-refractivity contribution in [3.8, 4) is 5.75 Å². The molecule has 0 radical (unpaired) electrons. The zero-order chi connectivity index (χ0) is 22.1. The van der Waals surface area contributed by atoms with E-state index in [0.717, 1.165) is 22.9 Å². The quantitative estimate of drug-likeness (QED) is 0.327. The molecule has 3 aromatic rings. The highest BCUT2D eigenvalue weighted by molar-refractivity contribution is 7.99. The Kier molecular flexibility index (Phi) is 8.61. The number of amides is 1. The number of methoxy groups -OCH3 is 1. The van der Waals surface area contributed by atoms with E-state index in [1.54, 1.807) is 18.9 Å². The highest BCUT2D eigenvalue weighted by Gasteiger charge is 2.15. The summed E-state index contributed by atoms with van der Waals surface area (Å²) in [4.78, 5) is 12.5. The number of nitrogens with one attached hydrogen (secondary N) is 1. The lowest BCUT2D eigenvalue weighted by Crippen LogP contribution is -2.15. The summed E-state index contributed by atoms with van der Waals surface area (Å²) in [6.45, 7) is 6.41. The van der Waals surface area contributed by atoms with E-state index in [1.807, 2.05) is 54.0 Å². The number of carbonyl (C=O) groups is 1. The van der Waals surface area contributed by atoms with Gasteiger partial charge >= 0.3 is 0 Å². The first-order chi connectivity index (χ1) is 15.1. The Balaban J connectivity index is 1.59. The van der Waals surface area contributed by atoms with Crippen molar-refractivity contribution in [2.45, 2.75) is 30.1 Å². The van der Waals surface area contributed by atoms with Gasteiger partial charge in [0.05, 0.1) is 24.3 Å². The number of ether oxygens (including phenoxy) is 1. The minimum Gasteiger partial charge on any atom is -0.495 e. The lowest BCUT2D eigenvalue weighted by Gasteiger charge is -2.11. The van der Waals surface area contributed by atoms with Crippen molar-refractivity contribution in [2.24, 2.45) is 0 Å². The summed E-state index contributed by atoms with van der Waals surface area (Å²) in [6.07, 6.45) is 1.82. The van der Waals surface area contributed by atoms with Crippen LogP contribution in [0, 0.1) is 6.92 Å². The van der Waals surface area contributed by atoms with Crippen LogP contribution in [0.15, 0.2) is 66.3 Å². The van der Waals surface area contributed by atoms with Gasteiger partial charge in [-0.1, -0.05) is 54.2 Å². The Morgan fingerprint density at radius 1 is 1.19 bits per heavy atom. The maximum absolute atomic E-state index is 12.5. The molecule has 8 heteroatoms. The Morgan fingerprint density at radius 3 is 2.74 bits per heavy atom. The van der Waals surface area contributed by atoms with Crippen molar-refractivity contribution in [3.05, 3.63) is 78.1 Å². The van der Waals surface area contributed by atoms with Crippen LogP contribution in [-0.4, -0.2) is 33.5 Å². The number of nitrogens with zero attached hydrogens (tertiary/aromatic N) is 3. The summed E-state index contributed by atoms with van der Waals surface area (Å²) in [6, 6.07) is 16.0. The Hall–Kier alpha value is -2.71. The van der Waals surface area contributed by atoms with E-state index in [9.17, 15) is 4.79 Å². The molecule has 6 nitrogen and oxygen atoms in total. The number of rotatable bonds is 11. The van der Waals surface area contributed by atoms with Crippen molar-refractivity contribution in [1.29, 1.82) is 0 Å². The van der Waals surface area contributed by atoms with Gasteiger partial charge in [0.2, 0.25) is 5.91 Å². The van der Waals surface area contributed by atoms with Gasteiger partial charge in [-0.2, -0.15) is 0 Å². The van der Waals surface area contributed by atoms with E-state index < -0.39 is 0 Å². The highest BCUT2D eigenvalue weighted by Crippen LogP contribution is 2.26. The van der Waals surface area contributed by atoms with Crippen molar-refractivity contribution >= 4 is 35.1 Å². The number of anilines is 1. The minimum absolute atomic E-state index is 0.123. The van der Waals surface area contributed by atoms with Gasteiger partial charge in [-0.25, -0.2) is 0 Å². The molecule has 3 rings (SSSR count). The second-order valence-corrected chi connectivity index (χ2v) is 8.75. The third-order valence-electron chi connectivity index (χ3n) is 4.41. The molecule has 1 heterocycles. The lowest BCUT2D eigenvalue weighted by atomic mass is 10.2. The number of thioether (sulfide) groups is 2. The van der Waals surface area contributed by atoms with Crippen LogP contribution in [-0.2, 0) is 22.8 Å². The third kappa shape index (κ3) is 6.63. The predicted octanol–water partition coefficient (Wildman–Crippen LogP) is 4.95. The molecule has 0 unspecified atom stereocenters. The van der Waals surface area contributed by atoms with Gasteiger partial charge < -0.3 is 14.6 Å². The Morgan fingerprint density at radius 2 is 2.00 bits per heavy atom. The van der Waals surface area contributed by atoms with E-state index in [2.05, 4.69) is 34.2 Å². The molecule has 1 N–H and O–H groups in total. The largest absolute Gasteiger partial charge is 0.495 e. The fourth-order valence-electron chi connectivity index (χ4n) is 2.92. The molecule has 0 aliphatic carbocycles. The first-order valence-electron chi connectivity index (χ1n) is 9.82. The van der Waals surface area contributed by atoms with Gasteiger partial charge in [0, 0.05) is 12.3 Å². The number of aromatic nitrogens is 3. The second-order valence-electron chi connectivity index (χ2n) is 6.82. The van der Waals surface area contributed by atoms with E-state index >= 15 is 0 Å². The molecule has 0 atom stereocenters. The molecule has 0 aliphatic heterocycles. The molecular formula is C23H26N4O2S2. The van der Waals surface area contributed by atoms with Crippen LogP contribution in [0.4, 0.5) is 5.69 Å². The number of hydrogen-bond acceptors (Lipinski definition) is 6. The normalized spacial score (nSPS) is 10.6. The fourth-order valence-corrected chi connectivity index (χ4v) is 4.61. The Labute approximate surface area is 191 Å². The number of aryl methyl sites for hydroxylation is 1. The lowest BCUT2D eigenvalue weighted by molar-refractivity contribution is -0.113. The maximum Gasteiger partial charge on any atom is 0.234 e. The number of benzene rings is 2. The molecule has 0 aliphatic rings. The molecule has 0 spiro atoms. The van der Waals surface area contributed by atoms with E-state index in [4.69, 9.17) is 4.74 Å². The summed E-state index contributed by atoms with van der Waals surface area (Å²) in [7, 11) is 1.59. The summed E-state index contributed by atoms with van der Waals surface area (Å²) in [5, 5.41) is 12.3. The van der Waals surface area contributed by atoms with Crippen LogP contribution in [0.2, 0.25) is 0 Å². The second kappa shape index (κ2) is 11.6.